The third kappa shape index (κ3) is 16.3. The first-order valence-electron chi connectivity index (χ1n) is 25.5. The van der Waals surface area contributed by atoms with E-state index in [0.29, 0.717) is 19.3 Å². The SMILES string of the molecule is C=C[C@](C)(CC/C=C(\C)CC/C=C(\C)CC/C=C(/C)CO[C@@H]1O[C@H](CO[C@@H]2O[C@@H](C)[C@H](O)[C@@H](O)[C@H]2O)[C@@H](O[C@@H]2O[C@@H](C)[C@H](O)[C@@H](O)[C@H]2O)[C@H](O)[C@H]1O)O[C@@H]1O[C@H](CO)[C@@H](O[C@@H]2O[C@H](CO)[C@@H](O)[C@H](O)[C@H]2O)[C@H](O)[C@H]1O. The summed E-state index contributed by atoms with van der Waals surface area (Å²) in [6.07, 6.45) is -26.3. The topological polar surface area (TPSA) is 396 Å². The molecule has 0 unspecified atom stereocenters. The van der Waals surface area contributed by atoms with Crippen LogP contribution in [0.25, 0.3) is 0 Å². The van der Waals surface area contributed by atoms with E-state index in [4.69, 9.17) is 47.4 Å². The summed E-state index contributed by atoms with van der Waals surface area (Å²) in [5.74, 6) is 0. The molecule has 0 aromatic carbocycles. The number of aliphatic hydroxyl groups is 15. The Hall–Kier alpha value is -2.04. The highest BCUT2D eigenvalue weighted by molar-refractivity contribution is 5.08. The van der Waals surface area contributed by atoms with E-state index < -0.39 is 179 Å². The van der Waals surface area contributed by atoms with Crippen LogP contribution in [0, 0.1) is 0 Å². The number of rotatable bonds is 24. The highest BCUT2D eigenvalue weighted by Gasteiger charge is 2.53. The fraction of sp³-hybridized carbons (Fsp3) is 0.840. The number of hydrogen-bond donors (Lipinski definition) is 15. The van der Waals surface area contributed by atoms with Gasteiger partial charge in [0, 0.05) is 0 Å². The molecule has 5 aliphatic rings. The molecule has 25 nitrogen and oxygen atoms in total. The highest BCUT2D eigenvalue weighted by Crippen LogP contribution is 2.34. The van der Waals surface area contributed by atoms with Crippen LogP contribution in [-0.4, -0.2) is 262 Å². The third-order valence-electron chi connectivity index (χ3n) is 14.4. The summed E-state index contributed by atoms with van der Waals surface area (Å²) in [6.45, 7) is 12.4. The lowest BCUT2D eigenvalue weighted by atomic mass is 9.95. The van der Waals surface area contributed by atoms with Crippen molar-refractivity contribution in [3.05, 3.63) is 47.6 Å². The zero-order valence-electron chi connectivity index (χ0n) is 43.3. The summed E-state index contributed by atoms with van der Waals surface area (Å²) in [6, 6.07) is 0. The van der Waals surface area contributed by atoms with Crippen molar-refractivity contribution in [2.45, 2.75) is 239 Å². The minimum absolute atomic E-state index is 0.0162. The molecule has 75 heavy (non-hydrogen) atoms. The van der Waals surface area contributed by atoms with Gasteiger partial charge in [-0.1, -0.05) is 41.0 Å². The van der Waals surface area contributed by atoms with E-state index in [2.05, 4.69) is 18.7 Å². The van der Waals surface area contributed by atoms with Crippen molar-refractivity contribution < 1.29 is 124 Å². The lowest BCUT2D eigenvalue weighted by molar-refractivity contribution is -0.365. The molecule has 25 heteroatoms. The zero-order chi connectivity index (χ0) is 55.6. The van der Waals surface area contributed by atoms with E-state index in [1.165, 1.54) is 13.8 Å². The minimum Gasteiger partial charge on any atom is -0.394 e. The highest BCUT2D eigenvalue weighted by atomic mass is 16.8. The van der Waals surface area contributed by atoms with Gasteiger partial charge in [0.1, 0.15) is 110 Å². The molecule has 0 aromatic rings. The van der Waals surface area contributed by atoms with Gasteiger partial charge in [0.15, 0.2) is 31.5 Å². The third-order valence-corrected chi connectivity index (χ3v) is 14.4. The molecule has 5 aliphatic heterocycles. The molecule has 5 heterocycles. The van der Waals surface area contributed by atoms with Crippen molar-refractivity contribution in [3.8, 4) is 0 Å². The molecule has 0 radical (unpaired) electrons. The molecular weight excluding hydrogens is 1000 g/mol. The second-order valence-electron chi connectivity index (χ2n) is 20.5. The fourth-order valence-electron chi connectivity index (χ4n) is 9.27. The average molecular weight is 1090 g/mol. The van der Waals surface area contributed by atoms with Crippen LogP contribution in [0.5, 0.6) is 0 Å². The van der Waals surface area contributed by atoms with Gasteiger partial charge in [0.05, 0.1) is 44.2 Å². The van der Waals surface area contributed by atoms with Crippen LogP contribution < -0.4 is 0 Å². The molecule has 0 spiro atoms. The number of aliphatic hydroxyl groups excluding tert-OH is 15. The molecule has 5 rings (SSSR count). The monoisotopic (exact) mass is 1080 g/mol. The van der Waals surface area contributed by atoms with Gasteiger partial charge in [-0.05, 0) is 80.1 Å². The summed E-state index contributed by atoms with van der Waals surface area (Å²) in [4.78, 5) is 0. The lowest BCUT2D eigenvalue weighted by Gasteiger charge is -2.47. The Morgan fingerprint density at radius 2 is 0.880 bits per heavy atom. The van der Waals surface area contributed by atoms with Gasteiger partial charge in [-0.15, -0.1) is 6.58 Å². The van der Waals surface area contributed by atoms with Crippen LogP contribution in [0.3, 0.4) is 0 Å². The minimum atomic E-state index is -1.79. The van der Waals surface area contributed by atoms with E-state index in [1.54, 1.807) is 13.0 Å². The summed E-state index contributed by atoms with van der Waals surface area (Å²) < 4.78 is 57.5. The number of ether oxygens (including phenoxy) is 10. The lowest BCUT2D eigenvalue weighted by Crippen LogP contribution is -2.65. The van der Waals surface area contributed by atoms with Crippen LogP contribution in [0.2, 0.25) is 0 Å². The number of hydrogen-bond acceptors (Lipinski definition) is 25. The van der Waals surface area contributed by atoms with Crippen molar-refractivity contribution in [2.24, 2.45) is 0 Å². The Balaban J connectivity index is 1.07. The summed E-state index contributed by atoms with van der Waals surface area (Å²) in [7, 11) is 0. The molecule has 0 aliphatic carbocycles. The van der Waals surface area contributed by atoms with Crippen molar-refractivity contribution in [1.29, 1.82) is 0 Å². The first kappa shape index (κ1) is 63.8. The van der Waals surface area contributed by atoms with Crippen LogP contribution in [0.1, 0.15) is 80.1 Å². The van der Waals surface area contributed by atoms with Gasteiger partial charge in [0.25, 0.3) is 0 Å². The van der Waals surface area contributed by atoms with Gasteiger partial charge in [-0.3, -0.25) is 0 Å². The zero-order valence-corrected chi connectivity index (χ0v) is 43.3. The second-order valence-corrected chi connectivity index (χ2v) is 20.5. The molecule has 0 saturated carbocycles. The molecular formula is C50H84O25. The Morgan fingerprint density at radius 1 is 0.467 bits per heavy atom. The first-order chi connectivity index (χ1) is 35.4. The van der Waals surface area contributed by atoms with Crippen molar-refractivity contribution >= 4 is 0 Å². The molecule has 434 valence electrons. The standard InChI is InChI=1S/C50H84O25/c1-8-50(7,75-49-42(65)37(60)43(28(19-52)71-49)73-48-40(63)35(58)32(55)27(18-51)70-48)17-11-16-23(3)13-9-12-22(2)14-10-15-24(4)20-66-46-41(64)36(59)44(74-47-39(62)34(57)31(54)26(6)69-47)29(72-46)21-67-45-38(61)33(56)30(53)25(5)68-45/h8,12,15-16,25-49,51-65H,1,9-11,13-14,17-21H2,2-7H3/b22-12+,23-16+,24-15-/t25-,26-,27+,28+,29+,30-,31-,32+,33+,34+,35-,36+,37+,38+,39+,40+,41+,42+,43+,44+,45+,46+,47-,48-,49-,50+/m0/s1. The van der Waals surface area contributed by atoms with Gasteiger partial charge in [-0.25, -0.2) is 0 Å². The Morgan fingerprint density at radius 3 is 1.43 bits per heavy atom. The number of allylic oxidation sites excluding steroid dienone is 5. The average Bonchev–Trinajstić information content (AvgIpc) is 3.38. The maximum atomic E-state index is 11.3. The maximum Gasteiger partial charge on any atom is 0.187 e. The fourth-order valence-corrected chi connectivity index (χ4v) is 9.27. The van der Waals surface area contributed by atoms with E-state index in [9.17, 15) is 76.6 Å². The van der Waals surface area contributed by atoms with Gasteiger partial charge in [0.2, 0.25) is 0 Å². The summed E-state index contributed by atoms with van der Waals surface area (Å²) in [5, 5.41) is 157. The van der Waals surface area contributed by atoms with Crippen molar-refractivity contribution in [3.63, 3.8) is 0 Å². The van der Waals surface area contributed by atoms with Crippen LogP contribution in [-0.2, 0) is 47.4 Å². The smallest absolute Gasteiger partial charge is 0.187 e. The van der Waals surface area contributed by atoms with E-state index >= 15 is 0 Å². The molecule has 0 amide bonds. The molecule has 26 atom stereocenters. The van der Waals surface area contributed by atoms with Gasteiger partial charge in [-0.2, -0.15) is 0 Å². The molecule has 0 aromatic heterocycles. The van der Waals surface area contributed by atoms with E-state index in [0.717, 1.165) is 36.0 Å². The predicted molar refractivity (Wildman–Crippen MR) is 257 cm³/mol. The molecule has 5 saturated heterocycles. The largest absolute Gasteiger partial charge is 0.394 e. The van der Waals surface area contributed by atoms with E-state index in [1.807, 2.05) is 26.8 Å². The van der Waals surface area contributed by atoms with Gasteiger partial charge >= 0.3 is 0 Å². The Kier molecular flexibility index (Phi) is 24.6. The summed E-state index contributed by atoms with van der Waals surface area (Å²) >= 11 is 0. The quantitative estimate of drug-likeness (QED) is 0.0413. The Labute approximate surface area is 436 Å². The van der Waals surface area contributed by atoms with Crippen LogP contribution in [0.4, 0.5) is 0 Å². The van der Waals surface area contributed by atoms with Crippen LogP contribution >= 0.6 is 0 Å². The van der Waals surface area contributed by atoms with Crippen molar-refractivity contribution in [1.82, 2.24) is 0 Å². The normalized spacial score (nSPS) is 44.3. The van der Waals surface area contributed by atoms with Crippen LogP contribution in [0.15, 0.2) is 47.6 Å². The molecule has 5 fully saturated rings. The first-order valence-corrected chi connectivity index (χ1v) is 25.5. The van der Waals surface area contributed by atoms with Crippen molar-refractivity contribution in [2.75, 3.05) is 26.4 Å². The summed E-state index contributed by atoms with van der Waals surface area (Å²) in [5.41, 5.74) is 1.99. The maximum absolute atomic E-state index is 11.3. The molecule has 0 bridgehead atoms. The van der Waals surface area contributed by atoms with Gasteiger partial charge < -0.3 is 124 Å². The molecule has 15 N–H and O–H groups in total. The van der Waals surface area contributed by atoms with E-state index in [-0.39, 0.29) is 6.61 Å². The second kappa shape index (κ2) is 28.9. The predicted octanol–water partition coefficient (Wildman–Crippen LogP) is -3.73. The Bertz CT molecular complexity index is 1840.